The highest BCUT2D eigenvalue weighted by Gasteiger charge is 2.60. The third kappa shape index (κ3) is 1.24. The van der Waals surface area contributed by atoms with Crippen LogP contribution in [0.4, 0.5) is 0 Å². The molecule has 1 saturated heterocycles. The molecule has 3 heteroatoms. The lowest BCUT2D eigenvalue weighted by atomic mass is 9.59. The summed E-state index contributed by atoms with van der Waals surface area (Å²) in [5.41, 5.74) is 0.551. The van der Waals surface area contributed by atoms with E-state index in [4.69, 9.17) is 4.65 Å². The average Bonchev–Trinajstić information content (AvgIpc) is 2.35. The lowest BCUT2D eigenvalue weighted by Crippen LogP contribution is -2.27. The summed E-state index contributed by atoms with van der Waals surface area (Å²) < 4.78 is 5.35. The minimum Gasteiger partial charge on any atom is -0.427 e. The smallest absolute Gasteiger partial charge is 0.427 e. The lowest BCUT2D eigenvalue weighted by molar-refractivity contribution is 0.181. The predicted octanol–water partition coefficient (Wildman–Crippen LogP) is 1.94. The Morgan fingerprint density at radius 2 is 1.85 bits per heavy atom. The normalized spacial score (nSPS) is 40.8. The van der Waals surface area contributed by atoms with Gasteiger partial charge in [0, 0.05) is 12.4 Å². The SMILES string of the molecule is CC1(C)CC(C)(C)C2B(O)OCC21. The third-order valence-electron chi connectivity index (χ3n) is 4.00. The summed E-state index contributed by atoms with van der Waals surface area (Å²) in [5.74, 6) is 0.875. The van der Waals surface area contributed by atoms with Crippen LogP contribution in [-0.4, -0.2) is 18.7 Å². The Hall–Kier alpha value is -0.0151. The van der Waals surface area contributed by atoms with Gasteiger partial charge >= 0.3 is 7.12 Å². The second-order valence-electron chi connectivity index (χ2n) is 6.01. The van der Waals surface area contributed by atoms with Crippen molar-refractivity contribution in [3.8, 4) is 0 Å². The van der Waals surface area contributed by atoms with Crippen LogP contribution in [0.1, 0.15) is 34.1 Å². The van der Waals surface area contributed by atoms with Crippen molar-refractivity contribution in [2.45, 2.75) is 39.9 Å². The van der Waals surface area contributed by atoms with Crippen LogP contribution in [0.2, 0.25) is 5.82 Å². The molecule has 2 nitrogen and oxygen atoms in total. The van der Waals surface area contributed by atoms with Gasteiger partial charge in [0.1, 0.15) is 0 Å². The van der Waals surface area contributed by atoms with Crippen molar-refractivity contribution in [3.63, 3.8) is 0 Å². The Morgan fingerprint density at radius 3 is 2.38 bits per heavy atom. The molecule has 0 spiro atoms. The molecule has 2 atom stereocenters. The fourth-order valence-electron chi connectivity index (χ4n) is 3.67. The Balaban J connectivity index is 2.32. The van der Waals surface area contributed by atoms with E-state index in [1.807, 2.05) is 0 Å². The van der Waals surface area contributed by atoms with Crippen LogP contribution in [-0.2, 0) is 4.65 Å². The van der Waals surface area contributed by atoms with Crippen LogP contribution in [0, 0.1) is 16.7 Å². The molecular weight excluding hydrogens is 163 g/mol. The molecular formula is C10H19BO2. The standard InChI is InChI=1S/C10H19BO2/c1-9(2)6-10(3,4)8-7(9)5-13-11(8)12/h7-8,12H,5-6H2,1-4H3. The highest BCUT2D eigenvalue weighted by molar-refractivity contribution is 6.46. The first-order valence-electron chi connectivity index (χ1n) is 5.14. The summed E-state index contributed by atoms with van der Waals surface area (Å²) in [6.45, 7) is 9.82. The summed E-state index contributed by atoms with van der Waals surface area (Å²) in [6.07, 6.45) is 1.19. The minimum absolute atomic E-state index is 0.226. The van der Waals surface area contributed by atoms with Crippen LogP contribution in [0.25, 0.3) is 0 Å². The van der Waals surface area contributed by atoms with E-state index in [2.05, 4.69) is 27.7 Å². The largest absolute Gasteiger partial charge is 0.458 e. The maximum Gasteiger partial charge on any atom is 0.458 e. The monoisotopic (exact) mass is 182 g/mol. The molecule has 74 valence electrons. The number of hydrogen-bond donors (Lipinski definition) is 1. The van der Waals surface area contributed by atoms with Gasteiger partial charge in [0.25, 0.3) is 0 Å². The van der Waals surface area contributed by atoms with E-state index in [9.17, 15) is 5.02 Å². The zero-order valence-electron chi connectivity index (χ0n) is 9.00. The van der Waals surface area contributed by atoms with Crippen molar-refractivity contribution in [1.82, 2.24) is 0 Å². The maximum absolute atomic E-state index is 9.74. The molecule has 2 aliphatic rings. The highest BCUT2D eigenvalue weighted by atomic mass is 16.5. The molecule has 1 aliphatic carbocycles. The molecule has 2 unspecified atom stereocenters. The third-order valence-corrected chi connectivity index (χ3v) is 4.00. The molecule has 2 fully saturated rings. The summed E-state index contributed by atoms with van der Waals surface area (Å²) in [7, 11) is -0.526. The zero-order valence-corrected chi connectivity index (χ0v) is 9.00. The lowest BCUT2D eigenvalue weighted by Gasteiger charge is -2.26. The predicted molar refractivity (Wildman–Crippen MR) is 53.3 cm³/mol. The van der Waals surface area contributed by atoms with Gasteiger partial charge in [-0.05, 0) is 23.2 Å². The molecule has 0 bridgehead atoms. The van der Waals surface area contributed by atoms with Crippen molar-refractivity contribution >= 4 is 7.12 Å². The summed E-state index contributed by atoms with van der Waals surface area (Å²) in [5, 5.41) is 9.74. The van der Waals surface area contributed by atoms with E-state index in [0.717, 1.165) is 6.61 Å². The van der Waals surface area contributed by atoms with Gasteiger partial charge in [0.05, 0.1) is 0 Å². The molecule has 0 aromatic carbocycles. The molecule has 2 rings (SSSR count). The molecule has 1 N–H and O–H groups in total. The topological polar surface area (TPSA) is 29.5 Å². The quantitative estimate of drug-likeness (QED) is 0.580. The van der Waals surface area contributed by atoms with Gasteiger partial charge in [-0.1, -0.05) is 27.7 Å². The van der Waals surface area contributed by atoms with Crippen molar-refractivity contribution in [1.29, 1.82) is 0 Å². The van der Waals surface area contributed by atoms with Crippen molar-refractivity contribution in [2.75, 3.05) is 6.61 Å². The van der Waals surface area contributed by atoms with E-state index in [1.165, 1.54) is 6.42 Å². The summed E-state index contributed by atoms with van der Waals surface area (Å²) in [4.78, 5) is 0. The van der Waals surface area contributed by atoms with Gasteiger partial charge in [0.2, 0.25) is 0 Å². The van der Waals surface area contributed by atoms with Gasteiger partial charge < -0.3 is 9.68 Å². The van der Waals surface area contributed by atoms with E-state index < -0.39 is 7.12 Å². The first-order valence-corrected chi connectivity index (χ1v) is 5.14. The fourth-order valence-corrected chi connectivity index (χ4v) is 3.67. The summed E-state index contributed by atoms with van der Waals surface area (Å²) in [6, 6.07) is 0. The average molecular weight is 182 g/mol. The first-order chi connectivity index (χ1) is 5.84. The van der Waals surface area contributed by atoms with Gasteiger partial charge in [-0.25, -0.2) is 0 Å². The number of rotatable bonds is 0. The van der Waals surface area contributed by atoms with Crippen LogP contribution in [0.5, 0.6) is 0 Å². The van der Waals surface area contributed by atoms with E-state index in [0.29, 0.717) is 17.2 Å². The molecule has 0 radical (unpaired) electrons. The zero-order chi connectivity index (χ0) is 9.85. The van der Waals surface area contributed by atoms with E-state index in [-0.39, 0.29) is 5.41 Å². The highest BCUT2D eigenvalue weighted by Crippen LogP contribution is 2.62. The van der Waals surface area contributed by atoms with Crippen LogP contribution in [0.15, 0.2) is 0 Å². The van der Waals surface area contributed by atoms with Gasteiger partial charge in [0.15, 0.2) is 0 Å². The van der Waals surface area contributed by atoms with Gasteiger partial charge in [-0.15, -0.1) is 0 Å². The van der Waals surface area contributed by atoms with Crippen LogP contribution >= 0.6 is 0 Å². The van der Waals surface area contributed by atoms with Crippen LogP contribution in [0.3, 0.4) is 0 Å². The molecule has 1 saturated carbocycles. The van der Waals surface area contributed by atoms with Crippen molar-refractivity contribution < 1.29 is 9.68 Å². The Kier molecular flexibility index (Phi) is 1.84. The molecule has 13 heavy (non-hydrogen) atoms. The second kappa shape index (κ2) is 2.51. The molecule has 1 aliphatic heterocycles. The van der Waals surface area contributed by atoms with E-state index >= 15 is 0 Å². The molecule has 0 aromatic heterocycles. The number of hydrogen-bond acceptors (Lipinski definition) is 2. The number of fused-ring (bicyclic) bond motifs is 1. The fraction of sp³-hybridized carbons (Fsp3) is 1.00. The van der Waals surface area contributed by atoms with Crippen LogP contribution < -0.4 is 0 Å². The summed E-state index contributed by atoms with van der Waals surface area (Å²) >= 11 is 0. The second-order valence-corrected chi connectivity index (χ2v) is 6.01. The molecule has 0 amide bonds. The Labute approximate surface area is 80.8 Å². The Bertz CT molecular complexity index is 225. The van der Waals surface area contributed by atoms with Crippen molar-refractivity contribution in [2.24, 2.45) is 16.7 Å². The van der Waals surface area contributed by atoms with E-state index in [1.54, 1.807) is 0 Å². The molecule has 1 heterocycles. The minimum atomic E-state index is -0.526. The van der Waals surface area contributed by atoms with Crippen molar-refractivity contribution in [3.05, 3.63) is 0 Å². The maximum atomic E-state index is 9.74. The Morgan fingerprint density at radius 1 is 1.23 bits per heavy atom. The van der Waals surface area contributed by atoms with Gasteiger partial charge in [-0.2, -0.15) is 0 Å². The van der Waals surface area contributed by atoms with Gasteiger partial charge in [-0.3, -0.25) is 0 Å². The molecule has 0 aromatic rings. The first kappa shape index (κ1) is 9.54.